The number of carbonyl (C=O) groups is 1. The molecule has 12 heteroatoms. The van der Waals surface area contributed by atoms with Crippen molar-refractivity contribution in [2.24, 2.45) is 0 Å². The zero-order chi connectivity index (χ0) is 26.4. The minimum atomic E-state index is -0.503. The third-order valence-electron chi connectivity index (χ3n) is 5.62. The molecule has 1 aliphatic heterocycles. The molecule has 1 saturated heterocycles. The summed E-state index contributed by atoms with van der Waals surface area (Å²) in [5, 5.41) is 22.0. The van der Waals surface area contributed by atoms with Gasteiger partial charge < -0.3 is 4.90 Å². The standard InChI is InChI=1S/C25H22N6O4S2/c1-2-11-30-23(33)21(36-24(30)18(16-26)22(32)29-12-4-3-5-13-29)15-17-7-8-20(19(14-17)31(34)35)37-25-27-9-6-10-28-25/h2,6-10,14-15H,1,3-5,11-13H2. The first-order valence-corrected chi connectivity index (χ1v) is 13.1. The summed E-state index contributed by atoms with van der Waals surface area (Å²) in [5.74, 6) is -0.395. The number of carbonyl (C=O) groups excluding carboxylic acids is 1. The monoisotopic (exact) mass is 534 g/mol. The molecular weight excluding hydrogens is 512 g/mol. The highest BCUT2D eigenvalue weighted by Gasteiger charge is 2.23. The van der Waals surface area contributed by atoms with Gasteiger partial charge in [-0.1, -0.05) is 12.1 Å². The molecule has 188 valence electrons. The van der Waals surface area contributed by atoms with E-state index in [0.29, 0.717) is 28.7 Å². The van der Waals surface area contributed by atoms with E-state index in [1.807, 2.05) is 6.07 Å². The molecule has 0 bridgehead atoms. The van der Waals surface area contributed by atoms with E-state index in [1.54, 1.807) is 35.5 Å². The summed E-state index contributed by atoms with van der Waals surface area (Å²) in [6, 6.07) is 8.25. The number of hydrogen-bond acceptors (Lipinski definition) is 9. The van der Waals surface area contributed by atoms with Crippen molar-refractivity contribution in [3.8, 4) is 6.07 Å². The van der Waals surface area contributed by atoms with E-state index in [4.69, 9.17) is 0 Å². The lowest BCUT2D eigenvalue weighted by molar-refractivity contribution is -0.387. The number of nitro benzene ring substituents is 1. The maximum absolute atomic E-state index is 13.2. The number of rotatable bonds is 7. The number of nitrogens with zero attached hydrogens (tertiary/aromatic N) is 6. The average Bonchev–Trinajstić information content (AvgIpc) is 3.21. The van der Waals surface area contributed by atoms with Crippen LogP contribution in [0, 0.1) is 21.4 Å². The Morgan fingerprint density at radius 2 is 2.00 bits per heavy atom. The number of likely N-dealkylation sites (tertiary alicyclic amines) is 1. The number of allylic oxidation sites excluding steroid dienone is 1. The second-order valence-corrected chi connectivity index (χ2v) is 10.1. The molecule has 1 aliphatic rings. The van der Waals surface area contributed by atoms with E-state index in [1.165, 1.54) is 22.8 Å². The Labute approximate surface area is 220 Å². The van der Waals surface area contributed by atoms with Gasteiger partial charge in [-0.25, -0.2) is 9.97 Å². The Kier molecular flexibility index (Phi) is 8.27. The normalized spacial score (nSPS) is 14.7. The Morgan fingerprint density at radius 3 is 2.65 bits per heavy atom. The first-order valence-electron chi connectivity index (χ1n) is 11.4. The number of thiazole rings is 1. The first kappa shape index (κ1) is 26.0. The molecule has 10 nitrogen and oxygen atoms in total. The fraction of sp³-hybridized carbons (Fsp3) is 0.240. The number of hydrogen-bond donors (Lipinski definition) is 0. The van der Waals surface area contributed by atoms with Crippen molar-refractivity contribution in [3.05, 3.63) is 84.5 Å². The topological polar surface area (TPSA) is 135 Å². The number of aromatic nitrogens is 3. The zero-order valence-electron chi connectivity index (χ0n) is 19.7. The molecule has 3 heterocycles. The second kappa shape index (κ2) is 11.8. The van der Waals surface area contributed by atoms with E-state index >= 15 is 0 Å². The average molecular weight is 535 g/mol. The lowest BCUT2D eigenvalue weighted by atomic mass is 10.1. The van der Waals surface area contributed by atoms with Crippen molar-refractivity contribution in [2.45, 2.75) is 35.9 Å². The molecule has 0 aliphatic carbocycles. The van der Waals surface area contributed by atoms with E-state index in [9.17, 15) is 25.0 Å². The van der Waals surface area contributed by atoms with Gasteiger partial charge >= 0.3 is 0 Å². The molecule has 0 radical (unpaired) electrons. The summed E-state index contributed by atoms with van der Waals surface area (Å²) >= 11 is 2.08. The van der Waals surface area contributed by atoms with Gasteiger partial charge in [0.05, 0.1) is 14.4 Å². The fourth-order valence-electron chi connectivity index (χ4n) is 3.88. The van der Waals surface area contributed by atoms with Crippen LogP contribution in [0.4, 0.5) is 5.69 Å². The predicted octanol–water partition coefficient (Wildman–Crippen LogP) is 2.46. The fourth-order valence-corrected chi connectivity index (χ4v) is 5.78. The number of nitriles is 1. The largest absolute Gasteiger partial charge is 0.338 e. The smallest absolute Gasteiger partial charge is 0.283 e. The molecule has 1 amide bonds. The molecule has 0 atom stereocenters. The molecule has 0 unspecified atom stereocenters. The van der Waals surface area contributed by atoms with Gasteiger partial charge in [0.25, 0.3) is 17.2 Å². The van der Waals surface area contributed by atoms with Crippen molar-refractivity contribution in [1.29, 1.82) is 5.26 Å². The van der Waals surface area contributed by atoms with E-state index in [0.717, 1.165) is 42.4 Å². The lowest BCUT2D eigenvalue weighted by Gasteiger charge is -2.26. The maximum Gasteiger partial charge on any atom is 0.283 e. The van der Waals surface area contributed by atoms with Gasteiger partial charge in [0.15, 0.2) is 10.7 Å². The van der Waals surface area contributed by atoms with Gasteiger partial charge in [0.1, 0.15) is 10.7 Å². The SMILES string of the molecule is C=CCn1c(=C(C#N)C(=O)N2CCCCC2)sc(=Cc2ccc(Sc3ncccn3)c([N+](=O)[O-])c2)c1=O. The summed E-state index contributed by atoms with van der Waals surface area (Å²) in [5.41, 5.74) is -0.218. The number of benzene rings is 1. The molecule has 0 N–H and O–H groups in total. The quantitative estimate of drug-likeness (QED) is 0.195. The summed E-state index contributed by atoms with van der Waals surface area (Å²) in [4.78, 5) is 47.8. The number of nitro groups is 1. The molecule has 1 fully saturated rings. The minimum absolute atomic E-state index is 0.0916. The van der Waals surface area contributed by atoms with Crippen LogP contribution < -0.4 is 14.8 Å². The Bertz CT molecular complexity index is 1570. The van der Waals surface area contributed by atoms with Crippen molar-refractivity contribution in [3.63, 3.8) is 0 Å². The van der Waals surface area contributed by atoms with Crippen LogP contribution in [-0.4, -0.2) is 43.4 Å². The molecule has 2 aromatic heterocycles. The highest BCUT2D eigenvalue weighted by atomic mass is 32.2. The maximum atomic E-state index is 13.2. The van der Waals surface area contributed by atoms with E-state index in [2.05, 4.69) is 16.5 Å². The second-order valence-electron chi connectivity index (χ2n) is 8.08. The van der Waals surface area contributed by atoms with Crippen LogP contribution in [0.5, 0.6) is 0 Å². The molecular formula is C25H22N6O4S2. The van der Waals surface area contributed by atoms with Crippen molar-refractivity contribution in [1.82, 2.24) is 19.4 Å². The summed E-state index contributed by atoms with van der Waals surface area (Å²) in [6.07, 6.45) is 8.92. The van der Waals surface area contributed by atoms with Crippen molar-refractivity contribution < 1.29 is 9.72 Å². The zero-order valence-corrected chi connectivity index (χ0v) is 21.3. The van der Waals surface area contributed by atoms with Gasteiger partial charge in [-0.15, -0.1) is 17.9 Å². The van der Waals surface area contributed by atoms with Gasteiger partial charge in [0, 0.05) is 38.1 Å². The molecule has 37 heavy (non-hydrogen) atoms. The Balaban J connectivity index is 1.81. The van der Waals surface area contributed by atoms with Crippen LogP contribution in [0.3, 0.4) is 0 Å². The van der Waals surface area contributed by atoms with Gasteiger partial charge in [0.2, 0.25) is 0 Å². The number of amides is 1. The molecule has 0 saturated carbocycles. The summed E-state index contributed by atoms with van der Waals surface area (Å²) < 4.78 is 1.84. The highest BCUT2D eigenvalue weighted by Crippen LogP contribution is 2.33. The Hall–Kier alpha value is -4.08. The highest BCUT2D eigenvalue weighted by molar-refractivity contribution is 7.99. The van der Waals surface area contributed by atoms with E-state index < -0.39 is 16.4 Å². The molecule has 1 aromatic carbocycles. The summed E-state index contributed by atoms with van der Waals surface area (Å²) in [6.45, 7) is 4.94. The van der Waals surface area contributed by atoms with Crippen molar-refractivity contribution >= 4 is 46.3 Å². The van der Waals surface area contributed by atoms with Crippen LogP contribution in [0.2, 0.25) is 0 Å². The predicted molar refractivity (Wildman–Crippen MR) is 140 cm³/mol. The van der Waals surface area contributed by atoms with Gasteiger partial charge in [-0.05, 0) is 54.8 Å². The van der Waals surface area contributed by atoms with Crippen molar-refractivity contribution in [2.75, 3.05) is 13.1 Å². The third kappa shape index (κ3) is 5.84. The van der Waals surface area contributed by atoms with E-state index in [-0.39, 0.29) is 27.0 Å². The van der Waals surface area contributed by atoms with Crippen LogP contribution in [0.15, 0.2) is 64.2 Å². The summed E-state index contributed by atoms with van der Waals surface area (Å²) in [7, 11) is 0. The van der Waals surface area contributed by atoms with Gasteiger partial charge in [-0.3, -0.25) is 24.3 Å². The third-order valence-corrected chi connectivity index (χ3v) is 7.71. The lowest BCUT2D eigenvalue weighted by Crippen LogP contribution is -2.39. The minimum Gasteiger partial charge on any atom is -0.338 e. The van der Waals surface area contributed by atoms with Crippen LogP contribution in [-0.2, 0) is 11.3 Å². The molecule has 0 spiro atoms. The first-order chi connectivity index (χ1) is 17.9. The van der Waals surface area contributed by atoms with Crippen LogP contribution in [0.1, 0.15) is 24.8 Å². The molecule has 4 rings (SSSR count). The van der Waals surface area contributed by atoms with Crippen LogP contribution in [0.25, 0.3) is 11.6 Å². The molecule has 3 aromatic rings. The van der Waals surface area contributed by atoms with Gasteiger partial charge in [-0.2, -0.15) is 5.26 Å². The van der Waals surface area contributed by atoms with Crippen LogP contribution >= 0.6 is 23.1 Å². The Morgan fingerprint density at radius 1 is 1.27 bits per heavy atom. The number of piperidine rings is 1.